The first-order valence-corrected chi connectivity index (χ1v) is 6.41. The molecule has 0 bridgehead atoms. The Morgan fingerprint density at radius 1 is 1.50 bits per heavy atom. The minimum absolute atomic E-state index is 0.0769. The van der Waals surface area contributed by atoms with Gasteiger partial charge in [0.1, 0.15) is 0 Å². The Bertz CT molecular complexity index is 376. The molecule has 1 aromatic rings. The van der Waals surface area contributed by atoms with Gasteiger partial charge in [-0.2, -0.15) is 0 Å². The van der Waals surface area contributed by atoms with Gasteiger partial charge in [0.2, 0.25) is 5.91 Å². The quantitative estimate of drug-likeness (QED) is 0.884. The minimum Gasteiger partial charge on any atom is -0.326 e. The molecule has 0 saturated carbocycles. The van der Waals surface area contributed by atoms with Gasteiger partial charge < -0.3 is 5.32 Å². The molecule has 3 heteroatoms. The zero-order valence-corrected chi connectivity index (χ0v) is 11.6. The molecule has 16 heavy (non-hydrogen) atoms. The Morgan fingerprint density at radius 2 is 2.19 bits per heavy atom. The minimum atomic E-state index is 0.0769. The van der Waals surface area contributed by atoms with Gasteiger partial charge in [0.15, 0.2) is 0 Å². The molecule has 0 fully saturated rings. The average Bonchev–Trinajstić information content (AvgIpc) is 2.22. The molecule has 0 saturated heterocycles. The molecule has 0 heterocycles. The lowest BCUT2D eigenvalue weighted by atomic mass is 10.1. The lowest BCUT2D eigenvalue weighted by molar-refractivity contribution is -0.119. The van der Waals surface area contributed by atoms with Crippen LogP contribution in [0.4, 0.5) is 5.69 Å². The molecule has 0 aliphatic rings. The van der Waals surface area contributed by atoms with Crippen molar-refractivity contribution < 1.29 is 4.79 Å². The normalized spacial score (nSPS) is 12.2. The highest BCUT2D eigenvalue weighted by molar-refractivity contribution is 9.10. The van der Waals surface area contributed by atoms with Crippen molar-refractivity contribution in [3.63, 3.8) is 0 Å². The topological polar surface area (TPSA) is 29.1 Å². The first kappa shape index (κ1) is 13.2. The number of halogens is 1. The van der Waals surface area contributed by atoms with Crippen molar-refractivity contribution in [1.82, 2.24) is 0 Å². The van der Waals surface area contributed by atoms with E-state index < -0.39 is 0 Å². The Hall–Kier alpha value is -0.830. The third kappa shape index (κ3) is 3.63. The second kappa shape index (κ2) is 6.04. The number of anilines is 1. The van der Waals surface area contributed by atoms with E-state index in [1.807, 2.05) is 32.0 Å². The monoisotopic (exact) mass is 283 g/mol. The maximum absolute atomic E-state index is 11.8. The molecular formula is C13H18BrNO. The number of carbonyl (C=O) groups is 1. The number of aryl methyl sites for hydroxylation is 1. The molecule has 1 amide bonds. The van der Waals surface area contributed by atoms with Crippen LogP contribution in [0.25, 0.3) is 0 Å². The van der Waals surface area contributed by atoms with Crippen molar-refractivity contribution in [3.05, 3.63) is 28.2 Å². The van der Waals surface area contributed by atoms with E-state index in [4.69, 9.17) is 0 Å². The summed E-state index contributed by atoms with van der Waals surface area (Å²) in [4.78, 5) is 11.8. The van der Waals surface area contributed by atoms with Gasteiger partial charge in [-0.3, -0.25) is 4.79 Å². The molecule has 0 aromatic heterocycles. The van der Waals surface area contributed by atoms with E-state index in [2.05, 4.69) is 28.2 Å². The zero-order valence-electron chi connectivity index (χ0n) is 10.0. The zero-order chi connectivity index (χ0) is 12.1. The van der Waals surface area contributed by atoms with Crippen LogP contribution in [0.2, 0.25) is 0 Å². The summed E-state index contributed by atoms with van der Waals surface area (Å²) in [6.07, 6.45) is 1.97. The van der Waals surface area contributed by atoms with E-state index in [1.54, 1.807) is 0 Å². The third-order valence-electron chi connectivity index (χ3n) is 2.62. The third-order valence-corrected chi connectivity index (χ3v) is 3.11. The lowest BCUT2D eigenvalue weighted by Gasteiger charge is -2.13. The van der Waals surface area contributed by atoms with Gasteiger partial charge in [-0.15, -0.1) is 0 Å². The van der Waals surface area contributed by atoms with Gasteiger partial charge >= 0.3 is 0 Å². The lowest BCUT2D eigenvalue weighted by Crippen LogP contribution is -2.20. The molecule has 88 valence electrons. The molecule has 1 atom stereocenters. The number of benzene rings is 1. The highest BCUT2D eigenvalue weighted by atomic mass is 79.9. The van der Waals surface area contributed by atoms with Crippen molar-refractivity contribution in [2.24, 2.45) is 5.92 Å². The maximum atomic E-state index is 11.8. The Labute approximate surface area is 106 Å². The highest BCUT2D eigenvalue weighted by Crippen LogP contribution is 2.21. The molecule has 2 nitrogen and oxygen atoms in total. The average molecular weight is 284 g/mol. The van der Waals surface area contributed by atoms with Crippen molar-refractivity contribution in [2.75, 3.05) is 5.32 Å². The van der Waals surface area contributed by atoms with E-state index in [1.165, 1.54) is 0 Å². The van der Waals surface area contributed by atoms with E-state index in [0.29, 0.717) is 0 Å². The Kier molecular flexibility index (Phi) is 5.00. The summed E-state index contributed by atoms with van der Waals surface area (Å²) in [5.41, 5.74) is 1.97. The van der Waals surface area contributed by atoms with E-state index in [9.17, 15) is 4.79 Å². The van der Waals surface area contributed by atoms with E-state index in [-0.39, 0.29) is 11.8 Å². The van der Waals surface area contributed by atoms with Gasteiger partial charge in [-0.05, 0) is 37.1 Å². The first-order chi connectivity index (χ1) is 7.54. The standard InChI is InChI=1S/C13H18BrNO/c1-4-5-9(2)13(16)15-12-7-6-11(14)8-10(12)3/h6-9H,4-5H2,1-3H3,(H,15,16)/t9-/m0/s1. The number of hydrogen-bond donors (Lipinski definition) is 1. The summed E-state index contributed by atoms with van der Waals surface area (Å²) >= 11 is 3.40. The maximum Gasteiger partial charge on any atom is 0.227 e. The molecule has 0 aliphatic carbocycles. The number of carbonyl (C=O) groups excluding carboxylic acids is 1. The predicted octanol–water partition coefficient (Wildman–Crippen LogP) is 4.13. The van der Waals surface area contributed by atoms with Crippen LogP contribution < -0.4 is 5.32 Å². The van der Waals surface area contributed by atoms with Crippen molar-refractivity contribution in [1.29, 1.82) is 0 Å². The van der Waals surface area contributed by atoms with Crippen LogP contribution in [0, 0.1) is 12.8 Å². The van der Waals surface area contributed by atoms with Crippen LogP contribution in [-0.2, 0) is 4.79 Å². The summed E-state index contributed by atoms with van der Waals surface area (Å²) in [6, 6.07) is 5.86. The van der Waals surface area contributed by atoms with Crippen LogP contribution in [0.15, 0.2) is 22.7 Å². The fourth-order valence-corrected chi connectivity index (χ4v) is 2.06. The Morgan fingerprint density at radius 3 is 2.75 bits per heavy atom. The van der Waals surface area contributed by atoms with Gasteiger partial charge in [-0.1, -0.05) is 36.2 Å². The van der Waals surface area contributed by atoms with E-state index in [0.717, 1.165) is 28.6 Å². The largest absolute Gasteiger partial charge is 0.326 e. The highest BCUT2D eigenvalue weighted by Gasteiger charge is 2.12. The molecule has 0 radical (unpaired) electrons. The SMILES string of the molecule is CCC[C@H](C)C(=O)Nc1ccc(Br)cc1C. The number of nitrogens with one attached hydrogen (secondary N) is 1. The molecule has 1 aromatic carbocycles. The summed E-state index contributed by atoms with van der Waals surface area (Å²) in [5, 5.41) is 2.96. The molecule has 1 rings (SSSR count). The summed E-state index contributed by atoms with van der Waals surface area (Å²) in [5.74, 6) is 0.181. The molecule has 0 spiro atoms. The second-order valence-corrected chi connectivity index (χ2v) is 5.05. The fourth-order valence-electron chi connectivity index (χ4n) is 1.59. The van der Waals surface area contributed by atoms with Crippen molar-refractivity contribution in [3.8, 4) is 0 Å². The van der Waals surface area contributed by atoms with Gasteiger partial charge in [0.25, 0.3) is 0 Å². The number of amides is 1. The molecule has 0 unspecified atom stereocenters. The Balaban J connectivity index is 2.69. The van der Waals surface area contributed by atoms with Gasteiger partial charge in [0, 0.05) is 16.1 Å². The fraction of sp³-hybridized carbons (Fsp3) is 0.462. The summed E-state index contributed by atoms with van der Waals surface area (Å²) < 4.78 is 1.03. The van der Waals surface area contributed by atoms with Crippen molar-refractivity contribution in [2.45, 2.75) is 33.6 Å². The molecular weight excluding hydrogens is 266 g/mol. The second-order valence-electron chi connectivity index (χ2n) is 4.14. The number of rotatable bonds is 4. The van der Waals surface area contributed by atoms with Crippen LogP contribution >= 0.6 is 15.9 Å². The number of hydrogen-bond acceptors (Lipinski definition) is 1. The summed E-state index contributed by atoms with van der Waals surface area (Å²) in [6.45, 7) is 6.05. The molecule has 0 aliphatic heterocycles. The van der Waals surface area contributed by atoms with E-state index >= 15 is 0 Å². The van der Waals surface area contributed by atoms with Crippen LogP contribution in [0.5, 0.6) is 0 Å². The smallest absolute Gasteiger partial charge is 0.227 e. The van der Waals surface area contributed by atoms with Crippen LogP contribution in [-0.4, -0.2) is 5.91 Å². The first-order valence-electron chi connectivity index (χ1n) is 5.61. The van der Waals surface area contributed by atoms with Crippen LogP contribution in [0.1, 0.15) is 32.3 Å². The molecule has 1 N–H and O–H groups in total. The van der Waals surface area contributed by atoms with Gasteiger partial charge in [0.05, 0.1) is 0 Å². The van der Waals surface area contributed by atoms with Crippen LogP contribution in [0.3, 0.4) is 0 Å². The van der Waals surface area contributed by atoms with Crippen molar-refractivity contribution >= 4 is 27.5 Å². The summed E-state index contributed by atoms with van der Waals surface area (Å²) in [7, 11) is 0. The van der Waals surface area contributed by atoms with Gasteiger partial charge in [-0.25, -0.2) is 0 Å². The predicted molar refractivity (Wildman–Crippen MR) is 71.6 cm³/mol.